The van der Waals surface area contributed by atoms with E-state index in [1.54, 1.807) is 0 Å². The minimum Gasteiger partial charge on any atom is -0.468 e. The SMILES string of the molecule is COC(=O)C(C(=O)OC)[C@@H](/C=C/c1ccccc1)c1ccc(C)cc1. The van der Waals surface area contributed by atoms with Crippen LogP contribution in [0.25, 0.3) is 6.08 Å². The molecule has 0 aromatic heterocycles. The predicted octanol–water partition coefficient (Wildman–Crippen LogP) is 3.75. The van der Waals surface area contributed by atoms with E-state index in [-0.39, 0.29) is 0 Å². The van der Waals surface area contributed by atoms with Crippen molar-refractivity contribution in [3.63, 3.8) is 0 Å². The molecule has 0 aliphatic carbocycles. The van der Waals surface area contributed by atoms with Gasteiger partial charge in [0, 0.05) is 5.92 Å². The van der Waals surface area contributed by atoms with Crippen LogP contribution in [0.5, 0.6) is 0 Å². The Labute approximate surface area is 148 Å². The summed E-state index contributed by atoms with van der Waals surface area (Å²) in [5.41, 5.74) is 2.92. The van der Waals surface area contributed by atoms with E-state index in [0.717, 1.165) is 16.7 Å². The molecule has 25 heavy (non-hydrogen) atoms. The molecule has 0 spiro atoms. The van der Waals surface area contributed by atoms with Crippen LogP contribution in [0.2, 0.25) is 0 Å². The van der Waals surface area contributed by atoms with E-state index in [0.29, 0.717) is 0 Å². The van der Waals surface area contributed by atoms with Crippen molar-refractivity contribution in [3.05, 3.63) is 77.4 Å². The fraction of sp³-hybridized carbons (Fsp3) is 0.238. The van der Waals surface area contributed by atoms with Crippen molar-refractivity contribution in [1.29, 1.82) is 0 Å². The Morgan fingerprint density at radius 1 is 0.880 bits per heavy atom. The number of esters is 2. The number of carbonyl (C=O) groups is 2. The first kappa shape index (κ1) is 18.5. The van der Waals surface area contributed by atoms with Crippen LogP contribution in [0.3, 0.4) is 0 Å². The zero-order valence-corrected chi connectivity index (χ0v) is 14.6. The van der Waals surface area contributed by atoms with Crippen LogP contribution >= 0.6 is 0 Å². The minimum absolute atomic E-state index is 0.485. The first-order valence-corrected chi connectivity index (χ1v) is 8.02. The van der Waals surface area contributed by atoms with E-state index in [2.05, 4.69) is 0 Å². The van der Waals surface area contributed by atoms with E-state index in [4.69, 9.17) is 9.47 Å². The Morgan fingerprint density at radius 2 is 1.44 bits per heavy atom. The highest BCUT2D eigenvalue weighted by Crippen LogP contribution is 2.29. The molecule has 0 fully saturated rings. The topological polar surface area (TPSA) is 52.6 Å². The molecule has 0 saturated carbocycles. The monoisotopic (exact) mass is 338 g/mol. The number of hydrogen-bond acceptors (Lipinski definition) is 4. The fourth-order valence-electron chi connectivity index (χ4n) is 2.63. The Morgan fingerprint density at radius 3 is 1.96 bits per heavy atom. The zero-order chi connectivity index (χ0) is 18.2. The summed E-state index contributed by atoms with van der Waals surface area (Å²) in [5.74, 6) is -2.77. The molecule has 0 bridgehead atoms. The van der Waals surface area contributed by atoms with Crippen molar-refractivity contribution in [2.24, 2.45) is 5.92 Å². The van der Waals surface area contributed by atoms with E-state index in [1.165, 1.54) is 14.2 Å². The zero-order valence-electron chi connectivity index (χ0n) is 14.6. The number of aryl methyl sites for hydroxylation is 1. The van der Waals surface area contributed by atoms with Crippen molar-refractivity contribution in [2.75, 3.05) is 14.2 Å². The Balaban J connectivity index is 2.46. The normalized spacial score (nSPS) is 12.2. The summed E-state index contributed by atoms with van der Waals surface area (Å²) in [4.78, 5) is 24.5. The molecule has 0 aliphatic rings. The summed E-state index contributed by atoms with van der Waals surface area (Å²) in [7, 11) is 2.54. The average Bonchev–Trinajstić information content (AvgIpc) is 2.65. The van der Waals surface area contributed by atoms with Gasteiger partial charge in [-0.2, -0.15) is 0 Å². The van der Waals surface area contributed by atoms with Gasteiger partial charge >= 0.3 is 11.9 Å². The molecule has 0 radical (unpaired) electrons. The molecular formula is C21H22O4. The van der Waals surface area contributed by atoms with Crippen molar-refractivity contribution in [3.8, 4) is 0 Å². The molecule has 0 unspecified atom stereocenters. The van der Waals surface area contributed by atoms with Crippen LogP contribution in [-0.4, -0.2) is 26.2 Å². The summed E-state index contributed by atoms with van der Waals surface area (Å²) in [6.45, 7) is 1.98. The third kappa shape index (κ3) is 4.80. The summed E-state index contributed by atoms with van der Waals surface area (Å²) >= 11 is 0. The minimum atomic E-state index is -1.06. The van der Waals surface area contributed by atoms with Gasteiger partial charge in [0.05, 0.1) is 14.2 Å². The summed E-state index contributed by atoms with van der Waals surface area (Å²) < 4.78 is 9.68. The molecule has 4 nitrogen and oxygen atoms in total. The van der Waals surface area contributed by atoms with Gasteiger partial charge in [0.25, 0.3) is 0 Å². The van der Waals surface area contributed by atoms with E-state index in [1.807, 2.05) is 73.7 Å². The number of rotatable bonds is 6. The lowest BCUT2D eigenvalue weighted by Crippen LogP contribution is -2.31. The highest BCUT2D eigenvalue weighted by Gasteiger charge is 2.36. The molecule has 0 saturated heterocycles. The number of allylic oxidation sites excluding steroid dienone is 1. The summed E-state index contributed by atoms with van der Waals surface area (Å²) in [6.07, 6.45) is 3.74. The van der Waals surface area contributed by atoms with Crippen LogP contribution in [0.1, 0.15) is 22.6 Å². The van der Waals surface area contributed by atoms with Gasteiger partial charge in [0.1, 0.15) is 0 Å². The van der Waals surface area contributed by atoms with Gasteiger partial charge in [-0.1, -0.05) is 72.3 Å². The van der Waals surface area contributed by atoms with Crippen molar-refractivity contribution in [2.45, 2.75) is 12.8 Å². The van der Waals surface area contributed by atoms with Crippen LogP contribution in [0.15, 0.2) is 60.7 Å². The first-order chi connectivity index (χ1) is 12.1. The second kappa shape index (κ2) is 8.83. The largest absolute Gasteiger partial charge is 0.468 e. The lowest BCUT2D eigenvalue weighted by atomic mass is 9.84. The lowest BCUT2D eigenvalue weighted by Gasteiger charge is -2.21. The molecule has 0 N–H and O–H groups in total. The molecular weight excluding hydrogens is 316 g/mol. The fourth-order valence-corrected chi connectivity index (χ4v) is 2.63. The smallest absolute Gasteiger partial charge is 0.321 e. The van der Waals surface area contributed by atoms with Gasteiger partial charge in [-0.25, -0.2) is 0 Å². The predicted molar refractivity (Wildman–Crippen MR) is 96.9 cm³/mol. The average molecular weight is 338 g/mol. The number of benzene rings is 2. The van der Waals surface area contributed by atoms with E-state index in [9.17, 15) is 9.59 Å². The molecule has 0 amide bonds. The highest BCUT2D eigenvalue weighted by atomic mass is 16.5. The Hall–Kier alpha value is -2.88. The number of ether oxygens (including phenoxy) is 2. The standard InChI is InChI=1S/C21H22O4/c1-15-9-12-17(13-10-15)18(14-11-16-7-5-4-6-8-16)19(20(22)24-2)21(23)25-3/h4-14,18-19H,1-3H3/b14-11+/t18-/m0/s1. The summed E-state index contributed by atoms with van der Waals surface area (Å²) in [6, 6.07) is 17.4. The first-order valence-electron chi connectivity index (χ1n) is 8.02. The number of carbonyl (C=O) groups excluding carboxylic acids is 2. The number of methoxy groups -OCH3 is 2. The van der Waals surface area contributed by atoms with Crippen LogP contribution in [0.4, 0.5) is 0 Å². The van der Waals surface area contributed by atoms with Gasteiger partial charge in [-0.05, 0) is 18.1 Å². The maximum absolute atomic E-state index is 12.2. The van der Waals surface area contributed by atoms with Gasteiger partial charge in [0.15, 0.2) is 5.92 Å². The second-order valence-electron chi connectivity index (χ2n) is 5.73. The van der Waals surface area contributed by atoms with Crippen LogP contribution < -0.4 is 0 Å². The van der Waals surface area contributed by atoms with Gasteiger partial charge in [0.2, 0.25) is 0 Å². The van der Waals surface area contributed by atoms with E-state index < -0.39 is 23.8 Å². The van der Waals surface area contributed by atoms with Crippen molar-refractivity contribution >= 4 is 18.0 Å². The molecule has 1 atom stereocenters. The molecule has 2 aromatic carbocycles. The van der Waals surface area contributed by atoms with Crippen LogP contribution in [0, 0.1) is 12.8 Å². The maximum Gasteiger partial charge on any atom is 0.321 e. The van der Waals surface area contributed by atoms with E-state index >= 15 is 0 Å². The lowest BCUT2D eigenvalue weighted by molar-refractivity contribution is -0.159. The molecule has 0 heterocycles. The highest BCUT2D eigenvalue weighted by molar-refractivity contribution is 5.96. The van der Waals surface area contributed by atoms with Crippen molar-refractivity contribution < 1.29 is 19.1 Å². The summed E-state index contributed by atoms with van der Waals surface area (Å²) in [5, 5.41) is 0. The van der Waals surface area contributed by atoms with Gasteiger partial charge in [-0.3, -0.25) is 9.59 Å². The Bertz CT molecular complexity index is 716. The quantitative estimate of drug-likeness (QED) is 0.594. The molecule has 4 heteroatoms. The molecule has 0 aliphatic heterocycles. The van der Waals surface area contributed by atoms with Crippen LogP contribution in [-0.2, 0) is 19.1 Å². The number of hydrogen-bond donors (Lipinski definition) is 0. The maximum atomic E-state index is 12.2. The molecule has 130 valence electrons. The van der Waals surface area contributed by atoms with Gasteiger partial charge in [-0.15, -0.1) is 0 Å². The third-order valence-electron chi connectivity index (χ3n) is 4.03. The molecule has 2 aromatic rings. The van der Waals surface area contributed by atoms with Gasteiger partial charge < -0.3 is 9.47 Å². The molecule has 2 rings (SSSR count). The second-order valence-corrected chi connectivity index (χ2v) is 5.73. The van der Waals surface area contributed by atoms with Crippen molar-refractivity contribution in [1.82, 2.24) is 0 Å². The third-order valence-corrected chi connectivity index (χ3v) is 4.03. The Kier molecular flexibility index (Phi) is 6.52.